The van der Waals surface area contributed by atoms with Gasteiger partial charge in [-0.3, -0.25) is 0 Å². The molecule has 0 amide bonds. The number of aliphatic carboxylic acids is 1. The number of hydrogen-bond donors (Lipinski definition) is 1. The van der Waals surface area contributed by atoms with Gasteiger partial charge in [-0.05, 0) is 74.6 Å². The molecule has 4 rings (SSSR count). The minimum absolute atomic E-state index is 0.0949. The Morgan fingerprint density at radius 1 is 1.39 bits per heavy atom. The van der Waals surface area contributed by atoms with Gasteiger partial charge in [-0.2, -0.15) is 5.26 Å². The van der Waals surface area contributed by atoms with Crippen molar-refractivity contribution in [2.24, 2.45) is 0 Å². The Hall–Kier alpha value is -2.83. The molecule has 0 bridgehead atoms. The van der Waals surface area contributed by atoms with Gasteiger partial charge >= 0.3 is 5.97 Å². The van der Waals surface area contributed by atoms with Crippen LogP contribution in [0.1, 0.15) is 58.6 Å². The van der Waals surface area contributed by atoms with Crippen LogP contribution >= 0.6 is 23.1 Å². The Labute approximate surface area is 188 Å². The average Bonchev–Trinajstić information content (AvgIpc) is 3.42. The minimum Gasteiger partial charge on any atom is -0.477 e. The third-order valence-corrected chi connectivity index (χ3v) is 7.51. The summed E-state index contributed by atoms with van der Waals surface area (Å²) < 4.78 is 7.52. The van der Waals surface area contributed by atoms with Gasteiger partial charge in [0.05, 0.1) is 5.56 Å². The van der Waals surface area contributed by atoms with Crippen LogP contribution in [0.3, 0.4) is 0 Å². The summed E-state index contributed by atoms with van der Waals surface area (Å²) >= 11 is 2.62. The Bertz CT molecular complexity index is 1230. The fourth-order valence-corrected chi connectivity index (χ4v) is 5.99. The maximum absolute atomic E-state index is 11.9. The summed E-state index contributed by atoms with van der Waals surface area (Å²) in [6, 6.07) is 4.36. The van der Waals surface area contributed by atoms with E-state index in [0.29, 0.717) is 12.3 Å². The predicted molar refractivity (Wildman–Crippen MR) is 120 cm³/mol. The maximum Gasteiger partial charge on any atom is 0.342 e. The van der Waals surface area contributed by atoms with Crippen molar-refractivity contribution in [2.75, 3.05) is 0 Å². The molecule has 0 spiro atoms. The van der Waals surface area contributed by atoms with Crippen molar-refractivity contribution in [2.45, 2.75) is 58.1 Å². The van der Waals surface area contributed by atoms with E-state index in [1.54, 1.807) is 17.4 Å². The van der Waals surface area contributed by atoms with E-state index in [0.717, 1.165) is 65.0 Å². The van der Waals surface area contributed by atoms with Gasteiger partial charge in [0.1, 0.15) is 16.0 Å². The van der Waals surface area contributed by atoms with Gasteiger partial charge in [-0.15, -0.1) is 21.5 Å². The van der Waals surface area contributed by atoms with Crippen LogP contribution < -0.4 is 0 Å². The molecule has 9 heteroatoms. The highest BCUT2D eigenvalue weighted by atomic mass is 32.2. The highest BCUT2D eigenvalue weighted by molar-refractivity contribution is 8.03. The second-order valence-electron chi connectivity index (χ2n) is 7.40. The van der Waals surface area contributed by atoms with E-state index in [1.807, 2.05) is 26.8 Å². The SMILES string of the molecule is CCc1nnc(S/C(=C\c2cc(C)n(-c3sc4c(c3C#N)CCCC4)c2C)C(=O)O)o1. The summed E-state index contributed by atoms with van der Waals surface area (Å²) in [5.41, 5.74) is 4.57. The predicted octanol–water partition coefficient (Wildman–Crippen LogP) is 5.07. The second kappa shape index (κ2) is 8.73. The number of aryl methyl sites for hydroxylation is 3. The molecule has 3 aromatic heterocycles. The summed E-state index contributed by atoms with van der Waals surface area (Å²) in [5.74, 6) is -0.591. The fraction of sp³-hybridized carbons (Fsp3) is 0.364. The van der Waals surface area contributed by atoms with E-state index in [4.69, 9.17) is 4.42 Å². The van der Waals surface area contributed by atoms with Crippen LogP contribution in [0.15, 0.2) is 20.6 Å². The fourth-order valence-electron chi connectivity index (χ4n) is 3.86. The van der Waals surface area contributed by atoms with Gasteiger partial charge in [0.2, 0.25) is 5.89 Å². The van der Waals surface area contributed by atoms with Crippen LogP contribution in [-0.4, -0.2) is 25.8 Å². The Kier molecular flexibility index (Phi) is 6.03. The third kappa shape index (κ3) is 4.05. The summed E-state index contributed by atoms with van der Waals surface area (Å²) in [6.07, 6.45) is 6.46. The first-order chi connectivity index (χ1) is 14.9. The number of carbonyl (C=O) groups is 1. The number of aromatic nitrogens is 3. The van der Waals surface area contributed by atoms with E-state index >= 15 is 0 Å². The number of hydrogen-bond acceptors (Lipinski definition) is 7. The Morgan fingerprint density at radius 3 is 2.84 bits per heavy atom. The first-order valence-corrected chi connectivity index (χ1v) is 11.7. The lowest BCUT2D eigenvalue weighted by atomic mass is 9.96. The molecule has 0 aliphatic heterocycles. The van der Waals surface area contributed by atoms with Crippen molar-refractivity contribution >= 4 is 35.1 Å². The molecule has 0 unspecified atom stereocenters. The molecule has 0 atom stereocenters. The molecule has 0 radical (unpaired) electrons. The molecule has 0 aromatic carbocycles. The molecule has 1 aliphatic rings. The number of thiophene rings is 1. The minimum atomic E-state index is -1.06. The number of nitrogens with zero attached hydrogens (tertiary/aromatic N) is 4. The molecule has 3 heterocycles. The van der Waals surface area contributed by atoms with Gasteiger partial charge in [0.25, 0.3) is 5.22 Å². The van der Waals surface area contributed by atoms with E-state index < -0.39 is 5.97 Å². The summed E-state index contributed by atoms with van der Waals surface area (Å²) in [4.78, 5) is 13.3. The first-order valence-electron chi connectivity index (χ1n) is 10.1. The largest absolute Gasteiger partial charge is 0.477 e. The van der Waals surface area contributed by atoms with E-state index in [1.165, 1.54) is 10.4 Å². The Balaban J connectivity index is 1.75. The number of carboxylic acids is 1. The van der Waals surface area contributed by atoms with Gasteiger partial charge < -0.3 is 14.1 Å². The number of fused-ring (bicyclic) bond motifs is 1. The van der Waals surface area contributed by atoms with Crippen LogP contribution in [0.2, 0.25) is 0 Å². The zero-order valence-corrected chi connectivity index (χ0v) is 19.2. The number of thioether (sulfide) groups is 1. The van der Waals surface area contributed by atoms with E-state index in [9.17, 15) is 15.2 Å². The van der Waals surface area contributed by atoms with Crippen molar-refractivity contribution in [1.29, 1.82) is 5.26 Å². The zero-order valence-electron chi connectivity index (χ0n) is 17.6. The van der Waals surface area contributed by atoms with Crippen LogP contribution in [-0.2, 0) is 24.1 Å². The molecular weight excluding hydrogens is 432 g/mol. The van der Waals surface area contributed by atoms with Crippen molar-refractivity contribution in [3.63, 3.8) is 0 Å². The molecule has 7 nitrogen and oxygen atoms in total. The maximum atomic E-state index is 11.9. The van der Waals surface area contributed by atoms with Gasteiger partial charge in [-0.1, -0.05) is 6.92 Å². The zero-order chi connectivity index (χ0) is 22.1. The average molecular weight is 455 g/mol. The standard InChI is InChI=1S/C22H22N4O3S2/c1-4-19-24-25-22(29-19)31-18(21(27)28)10-14-9-12(2)26(13(14)3)20-16(11-23)15-7-5-6-8-17(15)30-20/h9-10H,4-8H2,1-3H3,(H,27,28)/b18-10-. The van der Waals surface area contributed by atoms with E-state index in [2.05, 4.69) is 20.8 Å². The van der Waals surface area contributed by atoms with Crippen molar-refractivity contribution in [3.05, 3.63) is 49.8 Å². The van der Waals surface area contributed by atoms with Crippen LogP contribution in [0.4, 0.5) is 0 Å². The molecule has 0 saturated carbocycles. The smallest absolute Gasteiger partial charge is 0.342 e. The lowest BCUT2D eigenvalue weighted by Gasteiger charge is -2.10. The van der Waals surface area contributed by atoms with Crippen LogP contribution in [0.5, 0.6) is 0 Å². The normalized spacial score (nSPS) is 13.8. The quantitative estimate of drug-likeness (QED) is 0.409. The lowest BCUT2D eigenvalue weighted by molar-refractivity contribution is -0.131. The topological polar surface area (TPSA) is 105 Å². The van der Waals surface area contributed by atoms with Crippen molar-refractivity contribution in [1.82, 2.24) is 14.8 Å². The monoisotopic (exact) mass is 454 g/mol. The highest BCUT2D eigenvalue weighted by Gasteiger charge is 2.24. The molecule has 1 aliphatic carbocycles. The molecule has 0 saturated heterocycles. The highest BCUT2D eigenvalue weighted by Crippen LogP contribution is 2.39. The number of nitriles is 1. The van der Waals surface area contributed by atoms with Gasteiger partial charge in [0.15, 0.2) is 0 Å². The van der Waals surface area contributed by atoms with E-state index in [-0.39, 0.29) is 10.1 Å². The van der Waals surface area contributed by atoms with Crippen molar-refractivity contribution in [3.8, 4) is 11.1 Å². The third-order valence-electron chi connectivity index (χ3n) is 5.38. The molecule has 31 heavy (non-hydrogen) atoms. The molecule has 1 N–H and O–H groups in total. The lowest BCUT2D eigenvalue weighted by Crippen LogP contribution is -2.02. The molecule has 3 aromatic rings. The van der Waals surface area contributed by atoms with Crippen LogP contribution in [0, 0.1) is 25.2 Å². The summed E-state index contributed by atoms with van der Waals surface area (Å²) in [7, 11) is 0. The number of rotatable bonds is 6. The Morgan fingerprint density at radius 2 is 2.16 bits per heavy atom. The molecular formula is C22H22N4O3S2. The molecule has 160 valence electrons. The summed E-state index contributed by atoms with van der Waals surface area (Å²) in [5, 5.41) is 28.5. The first kappa shape index (κ1) is 21.4. The summed E-state index contributed by atoms with van der Waals surface area (Å²) in [6.45, 7) is 5.82. The van der Waals surface area contributed by atoms with Gasteiger partial charge in [0, 0.05) is 22.7 Å². The van der Waals surface area contributed by atoms with Gasteiger partial charge in [-0.25, -0.2) is 4.79 Å². The van der Waals surface area contributed by atoms with Crippen LogP contribution in [0.25, 0.3) is 11.1 Å². The second-order valence-corrected chi connectivity index (χ2v) is 9.47. The van der Waals surface area contributed by atoms with Crippen molar-refractivity contribution < 1.29 is 14.3 Å². The number of carboxylic acid groups (broad SMARTS) is 1. The molecule has 0 fully saturated rings.